The highest BCUT2D eigenvalue weighted by Gasteiger charge is 2.07. The Hall–Kier alpha value is -2.11. The summed E-state index contributed by atoms with van der Waals surface area (Å²) >= 11 is 11.1. The summed E-state index contributed by atoms with van der Waals surface area (Å²) in [6.45, 7) is 0. The summed E-state index contributed by atoms with van der Waals surface area (Å²) in [6.07, 6.45) is 0.262. The molecule has 0 spiro atoms. The lowest BCUT2D eigenvalue weighted by Gasteiger charge is -2.11. The van der Waals surface area contributed by atoms with Gasteiger partial charge in [-0.1, -0.05) is 41.9 Å². The van der Waals surface area contributed by atoms with Crippen LogP contribution >= 0.6 is 23.8 Å². The molecule has 0 aromatic heterocycles. The monoisotopic (exact) mass is 319 g/mol. The largest absolute Gasteiger partial charge is 0.399 e. The highest BCUT2D eigenvalue weighted by atomic mass is 35.5. The van der Waals surface area contributed by atoms with Crippen LogP contribution in [0.15, 0.2) is 48.5 Å². The molecule has 0 atom stereocenters. The summed E-state index contributed by atoms with van der Waals surface area (Å²) in [5, 5.41) is 6.11. The topological polar surface area (TPSA) is 67.2 Å². The van der Waals surface area contributed by atoms with Gasteiger partial charge in [-0.25, -0.2) is 0 Å². The fourth-order valence-electron chi connectivity index (χ4n) is 1.74. The lowest BCUT2D eigenvalue weighted by atomic mass is 10.1. The van der Waals surface area contributed by atoms with Gasteiger partial charge in [0.1, 0.15) is 0 Å². The summed E-state index contributed by atoms with van der Waals surface area (Å²) in [4.78, 5) is 11.9. The average Bonchev–Trinajstić information content (AvgIpc) is 2.43. The van der Waals surface area contributed by atoms with Crippen LogP contribution in [0.5, 0.6) is 0 Å². The number of thiocarbonyl (C=S) groups is 1. The van der Waals surface area contributed by atoms with E-state index in [1.165, 1.54) is 0 Å². The SMILES string of the molecule is Nc1ccc(NC(=S)NC(=O)Cc2ccccc2)c(Cl)c1. The maximum Gasteiger partial charge on any atom is 0.230 e. The number of nitrogen functional groups attached to an aromatic ring is 1. The Bertz CT molecular complexity index is 661. The van der Waals surface area contributed by atoms with Crippen LogP contribution in [-0.4, -0.2) is 11.0 Å². The van der Waals surface area contributed by atoms with Gasteiger partial charge < -0.3 is 16.4 Å². The van der Waals surface area contributed by atoms with Crippen molar-refractivity contribution in [3.63, 3.8) is 0 Å². The lowest BCUT2D eigenvalue weighted by Crippen LogP contribution is -2.35. The Morgan fingerprint density at radius 1 is 1.19 bits per heavy atom. The first-order valence-electron chi connectivity index (χ1n) is 6.24. The Labute approximate surface area is 133 Å². The van der Waals surface area contributed by atoms with Crippen LogP contribution in [0.3, 0.4) is 0 Å². The highest BCUT2D eigenvalue weighted by Crippen LogP contribution is 2.23. The minimum absolute atomic E-state index is 0.190. The molecule has 2 aromatic rings. The van der Waals surface area contributed by atoms with E-state index in [1.807, 2.05) is 30.3 Å². The molecule has 0 radical (unpaired) electrons. The predicted molar refractivity (Wildman–Crippen MR) is 90.4 cm³/mol. The lowest BCUT2D eigenvalue weighted by molar-refractivity contribution is -0.119. The molecule has 0 heterocycles. The Kier molecular flexibility index (Phi) is 5.14. The Balaban J connectivity index is 1.91. The van der Waals surface area contributed by atoms with E-state index in [1.54, 1.807) is 18.2 Å². The summed E-state index contributed by atoms with van der Waals surface area (Å²) in [5.74, 6) is -0.190. The summed E-state index contributed by atoms with van der Waals surface area (Å²) in [7, 11) is 0. The first kappa shape index (κ1) is 15.3. The zero-order chi connectivity index (χ0) is 15.2. The number of nitrogens with two attached hydrogens (primary N) is 1. The van der Waals surface area contributed by atoms with Gasteiger partial charge in [0.05, 0.1) is 17.1 Å². The molecule has 108 valence electrons. The molecule has 6 heteroatoms. The van der Waals surface area contributed by atoms with E-state index in [0.29, 0.717) is 16.4 Å². The van der Waals surface area contributed by atoms with Gasteiger partial charge in [0, 0.05) is 5.69 Å². The van der Waals surface area contributed by atoms with Gasteiger partial charge >= 0.3 is 0 Å². The minimum Gasteiger partial charge on any atom is -0.399 e. The van der Waals surface area contributed by atoms with Gasteiger partial charge in [-0.05, 0) is 36.0 Å². The molecule has 0 unspecified atom stereocenters. The molecule has 0 aliphatic carbocycles. The van der Waals surface area contributed by atoms with Crippen molar-refractivity contribution in [2.45, 2.75) is 6.42 Å². The molecular weight excluding hydrogens is 306 g/mol. The predicted octanol–water partition coefficient (Wildman–Crippen LogP) is 2.98. The fourth-order valence-corrected chi connectivity index (χ4v) is 2.20. The Morgan fingerprint density at radius 2 is 1.90 bits per heavy atom. The van der Waals surface area contributed by atoms with E-state index in [4.69, 9.17) is 29.6 Å². The fraction of sp³-hybridized carbons (Fsp3) is 0.0667. The number of hydrogen-bond acceptors (Lipinski definition) is 3. The van der Waals surface area contributed by atoms with E-state index in [9.17, 15) is 4.79 Å². The van der Waals surface area contributed by atoms with Gasteiger partial charge in [0.2, 0.25) is 5.91 Å². The second-order valence-corrected chi connectivity index (χ2v) is 5.22. The molecule has 0 aliphatic rings. The van der Waals surface area contributed by atoms with Crippen molar-refractivity contribution < 1.29 is 4.79 Å². The van der Waals surface area contributed by atoms with Crippen LogP contribution in [-0.2, 0) is 11.2 Å². The molecule has 4 N–H and O–H groups in total. The minimum atomic E-state index is -0.190. The van der Waals surface area contributed by atoms with E-state index in [-0.39, 0.29) is 17.4 Å². The maximum atomic E-state index is 11.9. The van der Waals surface area contributed by atoms with Crippen molar-refractivity contribution in [1.29, 1.82) is 0 Å². The number of carbonyl (C=O) groups is 1. The van der Waals surface area contributed by atoms with Crippen LogP contribution in [0.2, 0.25) is 5.02 Å². The van der Waals surface area contributed by atoms with E-state index >= 15 is 0 Å². The molecular formula is C15H14ClN3OS. The molecule has 2 rings (SSSR count). The number of halogens is 1. The summed E-state index contributed by atoms with van der Waals surface area (Å²) in [5.41, 5.74) is 7.68. The Morgan fingerprint density at radius 3 is 2.57 bits per heavy atom. The van der Waals surface area contributed by atoms with Gasteiger partial charge in [-0.3, -0.25) is 4.79 Å². The third-order valence-corrected chi connectivity index (χ3v) is 3.22. The number of hydrogen-bond donors (Lipinski definition) is 3. The second kappa shape index (κ2) is 7.06. The van der Waals surface area contributed by atoms with Crippen molar-refractivity contribution in [3.8, 4) is 0 Å². The number of rotatable bonds is 3. The van der Waals surface area contributed by atoms with E-state index < -0.39 is 0 Å². The van der Waals surface area contributed by atoms with Crippen LogP contribution < -0.4 is 16.4 Å². The highest BCUT2D eigenvalue weighted by molar-refractivity contribution is 7.80. The van der Waals surface area contributed by atoms with Crippen LogP contribution in [0.25, 0.3) is 0 Å². The number of nitrogens with one attached hydrogen (secondary N) is 2. The third-order valence-electron chi connectivity index (χ3n) is 2.70. The normalized spacial score (nSPS) is 9.95. The quantitative estimate of drug-likeness (QED) is 0.601. The van der Waals surface area contributed by atoms with Crippen molar-refractivity contribution in [3.05, 3.63) is 59.1 Å². The average molecular weight is 320 g/mol. The maximum absolute atomic E-state index is 11.9. The van der Waals surface area contributed by atoms with Crippen molar-refractivity contribution in [2.24, 2.45) is 0 Å². The molecule has 0 saturated carbocycles. The number of benzene rings is 2. The van der Waals surface area contributed by atoms with Crippen LogP contribution in [0.1, 0.15) is 5.56 Å². The molecule has 1 amide bonds. The third kappa shape index (κ3) is 4.73. The summed E-state index contributed by atoms with van der Waals surface area (Å²) < 4.78 is 0. The molecule has 0 saturated heterocycles. The zero-order valence-electron chi connectivity index (χ0n) is 11.1. The molecule has 4 nitrogen and oxygen atoms in total. The molecule has 0 fully saturated rings. The van der Waals surface area contributed by atoms with Crippen LogP contribution in [0.4, 0.5) is 11.4 Å². The first-order valence-corrected chi connectivity index (χ1v) is 7.03. The zero-order valence-corrected chi connectivity index (χ0v) is 12.7. The van der Waals surface area contributed by atoms with Gasteiger partial charge in [-0.15, -0.1) is 0 Å². The summed E-state index contributed by atoms with van der Waals surface area (Å²) in [6, 6.07) is 14.4. The molecule has 2 aromatic carbocycles. The standard InChI is InChI=1S/C15H14ClN3OS/c16-12-9-11(17)6-7-13(12)18-15(21)19-14(20)8-10-4-2-1-3-5-10/h1-7,9H,8,17H2,(H2,18,19,20,21). The molecule has 0 aliphatic heterocycles. The van der Waals surface area contributed by atoms with E-state index in [0.717, 1.165) is 5.56 Å². The number of anilines is 2. The smallest absolute Gasteiger partial charge is 0.230 e. The second-order valence-electron chi connectivity index (χ2n) is 4.40. The van der Waals surface area contributed by atoms with Crippen LogP contribution in [0, 0.1) is 0 Å². The van der Waals surface area contributed by atoms with Crippen molar-refractivity contribution in [2.75, 3.05) is 11.1 Å². The molecule has 0 bridgehead atoms. The first-order chi connectivity index (χ1) is 10.0. The number of amides is 1. The van der Waals surface area contributed by atoms with Gasteiger partial charge in [0.25, 0.3) is 0 Å². The molecule has 21 heavy (non-hydrogen) atoms. The van der Waals surface area contributed by atoms with Crippen molar-refractivity contribution >= 4 is 46.2 Å². The van der Waals surface area contributed by atoms with E-state index in [2.05, 4.69) is 10.6 Å². The van der Waals surface area contributed by atoms with Crippen molar-refractivity contribution in [1.82, 2.24) is 5.32 Å². The van der Waals surface area contributed by atoms with Gasteiger partial charge in [0.15, 0.2) is 5.11 Å². The van der Waals surface area contributed by atoms with Gasteiger partial charge in [-0.2, -0.15) is 0 Å². The number of carbonyl (C=O) groups excluding carboxylic acids is 1.